The van der Waals surface area contributed by atoms with Crippen LogP contribution in [0.3, 0.4) is 0 Å². The molecule has 0 saturated carbocycles. The van der Waals surface area contributed by atoms with E-state index in [0.717, 1.165) is 18.2 Å². The molecular formula is C13H9BrF4N2O. The van der Waals surface area contributed by atoms with Gasteiger partial charge in [-0.2, -0.15) is 0 Å². The van der Waals surface area contributed by atoms with E-state index >= 15 is 0 Å². The molecule has 8 heteroatoms. The van der Waals surface area contributed by atoms with Crippen molar-refractivity contribution in [1.29, 1.82) is 0 Å². The first kappa shape index (κ1) is 15.4. The van der Waals surface area contributed by atoms with Crippen molar-refractivity contribution >= 4 is 33.0 Å². The van der Waals surface area contributed by atoms with Crippen molar-refractivity contribution in [3.63, 3.8) is 0 Å². The Morgan fingerprint density at radius 1 is 1.10 bits per heavy atom. The smallest absolute Gasteiger partial charge is 0.406 e. The SMILES string of the molecule is Nc1cc(F)c(Br)cc1Nc1ccc(OC(F)(F)F)cc1. The maximum Gasteiger partial charge on any atom is 0.573 e. The minimum Gasteiger partial charge on any atom is -0.406 e. The molecule has 0 spiro atoms. The Kier molecular flexibility index (Phi) is 4.26. The Hall–Kier alpha value is -1.96. The van der Waals surface area contributed by atoms with E-state index in [4.69, 9.17) is 5.73 Å². The van der Waals surface area contributed by atoms with E-state index in [9.17, 15) is 17.6 Å². The number of rotatable bonds is 3. The molecule has 0 amide bonds. The van der Waals surface area contributed by atoms with Crippen LogP contribution in [0.5, 0.6) is 5.75 Å². The fourth-order valence-electron chi connectivity index (χ4n) is 1.57. The van der Waals surface area contributed by atoms with Crippen molar-refractivity contribution in [3.05, 3.63) is 46.7 Å². The number of nitrogens with two attached hydrogens (primary N) is 1. The molecule has 0 aliphatic heterocycles. The molecular weight excluding hydrogens is 356 g/mol. The molecule has 0 fully saturated rings. The number of halogens is 5. The molecule has 112 valence electrons. The molecule has 21 heavy (non-hydrogen) atoms. The van der Waals surface area contributed by atoms with Gasteiger partial charge in [0.15, 0.2) is 0 Å². The van der Waals surface area contributed by atoms with Crippen molar-refractivity contribution in [1.82, 2.24) is 0 Å². The van der Waals surface area contributed by atoms with Crippen molar-refractivity contribution in [2.24, 2.45) is 0 Å². The van der Waals surface area contributed by atoms with Crippen LogP contribution in [-0.4, -0.2) is 6.36 Å². The quantitative estimate of drug-likeness (QED) is 0.606. The fraction of sp³-hybridized carbons (Fsp3) is 0.0769. The van der Waals surface area contributed by atoms with E-state index in [1.54, 1.807) is 0 Å². The zero-order chi connectivity index (χ0) is 15.6. The summed E-state index contributed by atoms with van der Waals surface area (Å²) in [5, 5.41) is 2.87. The summed E-state index contributed by atoms with van der Waals surface area (Å²) in [4.78, 5) is 0. The fourth-order valence-corrected chi connectivity index (χ4v) is 1.91. The van der Waals surface area contributed by atoms with Crippen LogP contribution in [0.2, 0.25) is 0 Å². The van der Waals surface area contributed by atoms with E-state index in [2.05, 4.69) is 26.0 Å². The van der Waals surface area contributed by atoms with Gasteiger partial charge in [0.05, 0.1) is 15.8 Å². The maximum atomic E-state index is 13.2. The highest BCUT2D eigenvalue weighted by Gasteiger charge is 2.30. The number of benzene rings is 2. The lowest BCUT2D eigenvalue weighted by atomic mass is 10.2. The van der Waals surface area contributed by atoms with Gasteiger partial charge in [0.1, 0.15) is 11.6 Å². The van der Waals surface area contributed by atoms with Crippen LogP contribution in [0.4, 0.5) is 34.6 Å². The minimum absolute atomic E-state index is 0.173. The van der Waals surface area contributed by atoms with E-state index in [0.29, 0.717) is 11.4 Å². The largest absolute Gasteiger partial charge is 0.573 e. The summed E-state index contributed by atoms with van der Waals surface area (Å²) < 4.78 is 53.3. The van der Waals surface area contributed by atoms with E-state index in [-0.39, 0.29) is 15.9 Å². The summed E-state index contributed by atoms with van der Waals surface area (Å²) in [6.45, 7) is 0. The van der Waals surface area contributed by atoms with Crippen LogP contribution < -0.4 is 15.8 Å². The number of anilines is 3. The highest BCUT2D eigenvalue weighted by molar-refractivity contribution is 9.10. The molecule has 3 N–H and O–H groups in total. The van der Waals surface area contributed by atoms with Gasteiger partial charge in [0.25, 0.3) is 0 Å². The van der Waals surface area contributed by atoms with Crippen molar-refractivity contribution < 1.29 is 22.3 Å². The molecule has 0 atom stereocenters. The van der Waals surface area contributed by atoms with E-state index in [1.807, 2.05) is 0 Å². The maximum absolute atomic E-state index is 13.2. The summed E-state index contributed by atoms with van der Waals surface area (Å²) in [6.07, 6.45) is -4.73. The Morgan fingerprint density at radius 3 is 2.29 bits per heavy atom. The second kappa shape index (κ2) is 5.80. The van der Waals surface area contributed by atoms with Gasteiger partial charge >= 0.3 is 6.36 Å². The van der Waals surface area contributed by atoms with Crippen LogP contribution in [0.15, 0.2) is 40.9 Å². The number of hydrogen-bond acceptors (Lipinski definition) is 3. The average Bonchev–Trinajstić information content (AvgIpc) is 2.36. The molecule has 3 nitrogen and oxygen atoms in total. The third-order valence-corrected chi connectivity index (χ3v) is 3.07. The predicted molar refractivity (Wildman–Crippen MR) is 74.9 cm³/mol. The van der Waals surface area contributed by atoms with Crippen molar-refractivity contribution in [3.8, 4) is 5.75 Å². The van der Waals surface area contributed by atoms with Crippen LogP contribution >= 0.6 is 15.9 Å². The van der Waals surface area contributed by atoms with Crippen LogP contribution in [-0.2, 0) is 0 Å². The molecule has 0 bridgehead atoms. The Labute approximate surface area is 125 Å². The molecule has 0 aliphatic carbocycles. The molecule has 0 aliphatic rings. The zero-order valence-electron chi connectivity index (χ0n) is 10.3. The molecule has 2 rings (SSSR count). The number of alkyl halides is 3. The minimum atomic E-state index is -4.73. The summed E-state index contributed by atoms with van der Waals surface area (Å²) in [7, 11) is 0. The van der Waals surface area contributed by atoms with Gasteiger partial charge < -0.3 is 15.8 Å². The third kappa shape index (κ3) is 4.25. The summed E-state index contributed by atoms with van der Waals surface area (Å²) in [5.74, 6) is -0.840. The lowest BCUT2D eigenvalue weighted by molar-refractivity contribution is -0.274. The average molecular weight is 365 g/mol. The van der Waals surface area contributed by atoms with Gasteiger partial charge in [-0.05, 0) is 46.3 Å². The molecule has 2 aromatic carbocycles. The number of hydrogen-bond donors (Lipinski definition) is 2. The number of ether oxygens (including phenoxy) is 1. The first-order chi connectivity index (χ1) is 9.74. The number of nitrogen functional groups attached to an aromatic ring is 1. The Morgan fingerprint density at radius 2 is 1.71 bits per heavy atom. The lowest BCUT2D eigenvalue weighted by Gasteiger charge is -2.12. The normalized spacial score (nSPS) is 11.3. The topological polar surface area (TPSA) is 47.3 Å². The highest BCUT2D eigenvalue weighted by atomic mass is 79.9. The molecule has 0 unspecified atom stereocenters. The van der Waals surface area contributed by atoms with E-state index < -0.39 is 12.2 Å². The summed E-state index contributed by atoms with van der Waals surface area (Å²) in [6, 6.07) is 7.66. The Balaban J connectivity index is 2.16. The van der Waals surface area contributed by atoms with Crippen LogP contribution in [0, 0.1) is 5.82 Å². The van der Waals surface area contributed by atoms with Crippen molar-refractivity contribution in [2.45, 2.75) is 6.36 Å². The summed E-state index contributed by atoms with van der Waals surface area (Å²) >= 11 is 3.02. The van der Waals surface area contributed by atoms with Gasteiger partial charge in [0, 0.05) is 11.8 Å². The van der Waals surface area contributed by atoms with Crippen molar-refractivity contribution in [2.75, 3.05) is 11.1 Å². The first-order valence-corrected chi connectivity index (χ1v) is 6.41. The lowest BCUT2D eigenvalue weighted by Crippen LogP contribution is -2.16. The molecule has 0 heterocycles. The van der Waals surface area contributed by atoms with Crippen LogP contribution in [0.25, 0.3) is 0 Å². The molecule has 0 saturated heterocycles. The molecule has 0 aromatic heterocycles. The number of nitrogens with one attached hydrogen (secondary N) is 1. The van der Waals surface area contributed by atoms with Gasteiger partial charge in [-0.3, -0.25) is 0 Å². The second-order valence-electron chi connectivity index (χ2n) is 4.05. The molecule has 2 aromatic rings. The third-order valence-electron chi connectivity index (χ3n) is 2.46. The standard InChI is InChI=1S/C13H9BrF4N2O/c14-9-5-12(11(19)6-10(9)15)20-7-1-3-8(4-2-7)21-13(16,17)18/h1-6,20H,19H2. The second-order valence-corrected chi connectivity index (χ2v) is 4.91. The monoisotopic (exact) mass is 364 g/mol. The van der Waals surface area contributed by atoms with Crippen LogP contribution in [0.1, 0.15) is 0 Å². The predicted octanol–water partition coefficient (Wildman–Crippen LogP) is 4.81. The molecule has 0 radical (unpaired) electrons. The van der Waals surface area contributed by atoms with Gasteiger partial charge in [-0.15, -0.1) is 13.2 Å². The highest BCUT2D eigenvalue weighted by Crippen LogP contribution is 2.30. The Bertz CT molecular complexity index is 644. The first-order valence-electron chi connectivity index (χ1n) is 5.62. The summed E-state index contributed by atoms with van der Waals surface area (Å²) in [5.41, 5.74) is 6.73. The van der Waals surface area contributed by atoms with Gasteiger partial charge in [-0.25, -0.2) is 4.39 Å². The zero-order valence-corrected chi connectivity index (χ0v) is 11.9. The van der Waals surface area contributed by atoms with E-state index in [1.165, 1.54) is 18.2 Å². The van der Waals surface area contributed by atoms with Gasteiger partial charge in [0.2, 0.25) is 0 Å². The van der Waals surface area contributed by atoms with Gasteiger partial charge in [-0.1, -0.05) is 0 Å².